The molecule has 1 aliphatic rings. The molecule has 0 amide bonds. The predicted molar refractivity (Wildman–Crippen MR) is 66.5 cm³/mol. The number of phenolic OH excluding ortho intramolecular Hbond substituents is 1. The largest absolute Gasteiger partial charge is 0.508 e. The Labute approximate surface area is 97.9 Å². The van der Waals surface area contributed by atoms with Gasteiger partial charge in [-0.3, -0.25) is 4.90 Å². The molecule has 2 atom stereocenters. The van der Waals surface area contributed by atoms with Crippen LogP contribution in [0.5, 0.6) is 5.75 Å². The van der Waals surface area contributed by atoms with Gasteiger partial charge in [0.15, 0.2) is 0 Å². The van der Waals surface area contributed by atoms with Crippen LogP contribution in [0.2, 0.25) is 0 Å². The molecule has 1 N–H and O–H groups in total. The lowest BCUT2D eigenvalue weighted by Gasteiger charge is -2.27. The van der Waals surface area contributed by atoms with Crippen molar-refractivity contribution >= 4 is 0 Å². The highest BCUT2D eigenvalue weighted by molar-refractivity contribution is 5.28. The first-order chi connectivity index (χ1) is 7.70. The maximum atomic E-state index is 9.30. The molecule has 1 aromatic carbocycles. The van der Waals surface area contributed by atoms with E-state index in [0.717, 1.165) is 12.3 Å². The van der Waals surface area contributed by atoms with Crippen molar-refractivity contribution in [1.29, 1.82) is 0 Å². The molecule has 0 spiro atoms. The molecule has 2 heteroatoms. The van der Waals surface area contributed by atoms with Crippen molar-refractivity contribution < 1.29 is 5.11 Å². The smallest absolute Gasteiger partial charge is 0.115 e. The third-order valence-corrected chi connectivity index (χ3v) is 3.56. The van der Waals surface area contributed by atoms with Crippen LogP contribution in [-0.4, -0.2) is 23.1 Å². The zero-order valence-electron chi connectivity index (χ0n) is 10.2. The quantitative estimate of drug-likeness (QED) is 0.844. The Kier molecular flexibility index (Phi) is 3.49. The lowest BCUT2D eigenvalue weighted by Crippen LogP contribution is -2.25. The summed E-state index contributed by atoms with van der Waals surface area (Å²) >= 11 is 0. The second-order valence-corrected chi connectivity index (χ2v) is 4.90. The van der Waals surface area contributed by atoms with Crippen LogP contribution in [0.25, 0.3) is 0 Å². The van der Waals surface area contributed by atoms with E-state index >= 15 is 0 Å². The van der Waals surface area contributed by atoms with Gasteiger partial charge in [0.2, 0.25) is 0 Å². The fraction of sp³-hybridized carbons (Fsp3) is 0.571. The van der Waals surface area contributed by atoms with E-state index in [-0.39, 0.29) is 0 Å². The highest BCUT2D eigenvalue weighted by Crippen LogP contribution is 2.30. The molecule has 1 fully saturated rings. The Bertz CT molecular complexity index is 333. The summed E-state index contributed by atoms with van der Waals surface area (Å²) < 4.78 is 0. The zero-order valence-corrected chi connectivity index (χ0v) is 10.2. The van der Waals surface area contributed by atoms with E-state index in [9.17, 15) is 5.11 Å². The number of nitrogens with zero attached hydrogens (tertiary/aromatic N) is 1. The van der Waals surface area contributed by atoms with E-state index in [1.165, 1.54) is 25.1 Å². The van der Waals surface area contributed by atoms with Gasteiger partial charge in [-0.15, -0.1) is 0 Å². The van der Waals surface area contributed by atoms with E-state index in [4.69, 9.17) is 0 Å². The Morgan fingerprint density at radius 1 is 1.38 bits per heavy atom. The van der Waals surface area contributed by atoms with Crippen LogP contribution in [0, 0.1) is 5.92 Å². The highest BCUT2D eigenvalue weighted by Gasteiger charge is 2.25. The molecule has 1 aromatic rings. The van der Waals surface area contributed by atoms with Crippen molar-refractivity contribution in [2.45, 2.75) is 32.7 Å². The number of hydrogen-bond donors (Lipinski definition) is 1. The average Bonchev–Trinajstić information content (AvgIpc) is 2.69. The molecule has 0 aromatic heterocycles. The maximum Gasteiger partial charge on any atom is 0.115 e. The van der Waals surface area contributed by atoms with Gasteiger partial charge in [-0.05, 0) is 43.0 Å². The fourth-order valence-corrected chi connectivity index (χ4v) is 2.65. The van der Waals surface area contributed by atoms with Crippen LogP contribution in [-0.2, 0) is 0 Å². The van der Waals surface area contributed by atoms with Crippen molar-refractivity contribution in [3.63, 3.8) is 0 Å². The summed E-state index contributed by atoms with van der Waals surface area (Å²) in [7, 11) is 0. The summed E-state index contributed by atoms with van der Waals surface area (Å²) in [5.74, 6) is 1.18. The predicted octanol–water partition coefficient (Wildman–Crippen LogP) is 3.19. The molecule has 1 heterocycles. The van der Waals surface area contributed by atoms with Crippen LogP contribution >= 0.6 is 0 Å². The van der Waals surface area contributed by atoms with Crippen LogP contribution < -0.4 is 0 Å². The number of aromatic hydroxyl groups is 1. The molecule has 2 nitrogen and oxygen atoms in total. The number of benzene rings is 1. The first-order valence-corrected chi connectivity index (χ1v) is 6.23. The average molecular weight is 219 g/mol. The molecular weight excluding hydrogens is 198 g/mol. The first kappa shape index (κ1) is 11.5. The minimum atomic E-state index is 0.355. The van der Waals surface area contributed by atoms with Crippen LogP contribution in [0.3, 0.4) is 0 Å². The zero-order chi connectivity index (χ0) is 11.5. The topological polar surface area (TPSA) is 23.5 Å². The van der Waals surface area contributed by atoms with Crippen molar-refractivity contribution in [3.8, 4) is 5.75 Å². The second kappa shape index (κ2) is 4.88. The van der Waals surface area contributed by atoms with Crippen molar-refractivity contribution in [3.05, 3.63) is 29.8 Å². The van der Waals surface area contributed by atoms with E-state index in [1.54, 1.807) is 12.1 Å². The molecule has 88 valence electrons. The number of phenols is 1. The molecule has 2 unspecified atom stereocenters. The Balaban J connectivity index is 2.13. The third-order valence-electron chi connectivity index (χ3n) is 3.56. The Morgan fingerprint density at radius 3 is 2.56 bits per heavy atom. The molecule has 0 saturated carbocycles. The van der Waals surface area contributed by atoms with Crippen molar-refractivity contribution in [1.82, 2.24) is 4.90 Å². The third kappa shape index (κ3) is 2.38. The van der Waals surface area contributed by atoms with Crippen LogP contribution in [0.15, 0.2) is 24.3 Å². The summed E-state index contributed by atoms with van der Waals surface area (Å²) in [5.41, 5.74) is 1.33. The van der Waals surface area contributed by atoms with E-state index in [1.807, 2.05) is 12.1 Å². The standard InChI is InChI=1S/C14H21NO/c1-3-14(15-9-8-11(2)10-15)12-4-6-13(16)7-5-12/h4-7,11,14,16H,3,8-10H2,1-2H3. The Hall–Kier alpha value is -1.02. The monoisotopic (exact) mass is 219 g/mol. The minimum Gasteiger partial charge on any atom is -0.508 e. The molecule has 1 saturated heterocycles. The summed E-state index contributed by atoms with van der Waals surface area (Å²) in [6, 6.07) is 8.19. The lowest BCUT2D eigenvalue weighted by atomic mass is 10.0. The number of hydrogen-bond acceptors (Lipinski definition) is 2. The van der Waals surface area contributed by atoms with Gasteiger partial charge < -0.3 is 5.11 Å². The number of likely N-dealkylation sites (tertiary alicyclic amines) is 1. The molecular formula is C14H21NO. The summed E-state index contributed by atoms with van der Waals surface area (Å²) in [5, 5.41) is 9.30. The minimum absolute atomic E-state index is 0.355. The van der Waals surface area contributed by atoms with E-state index < -0.39 is 0 Å². The van der Waals surface area contributed by atoms with Gasteiger partial charge in [-0.1, -0.05) is 26.0 Å². The van der Waals surface area contributed by atoms with Gasteiger partial charge in [0.1, 0.15) is 5.75 Å². The van der Waals surface area contributed by atoms with Gasteiger partial charge in [0.05, 0.1) is 0 Å². The number of rotatable bonds is 3. The normalized spacial score (nSPS) is 23.5. The van der Waals surface area contributed by atoms with Gasteiger partial charge >= 0.3 is 0 Å². The highest BCUT2D eigenvalue weighted by atomic mass is 16.3. The molecule has 0 bridgehead atoms. The molecule has 0 aliphatic carbocycles. The summed E-state index contributed by atoms with van der Waals surface area (Å²) in [6.07, 6.45) is 2.45. The summed E-state index contributed by atoms with van der Waals surface area (Å²) in [4.78, 5) is 2.57. The van der Waals surface area contributed by atoms with Gasteiger partial charge in [0.25, 0.3) is 0 Å². The van der Waals surface area contributed by atoms with E-state index in [0.29, 0.717) is 11.8 Å². The van der Waals surface area contributed by atoms with Crippen molar-refractivity contribution in [2.24, 2.45) is 5.92 Å². The van der Waals surface area contributed by atoms with Crippen LogP contribution in [0.4, 0.5) is 0 Å². The lowest BCUT2D eigenvalue weighted by molar-refractivity contribution is 0.232. The van der Waals surface area contributed by atoms with Gasteiger partial charge in [0, 0.05) is 12.6 Å². The SMILES string of the molecule is CCC(c1ccc(O)cc1)N1CCC(C)C1. The fourth-order valence-electron chi connectivity index (χ4n) is 2.65. The molecule has 2 rings (SSSR count). The first-order valence-electron chi connectivity index (χ1n) is 6.23. The van der Waals surface area contributed by atoms with Gasteiger partial charge in [-0.2, -0.15) is 0 Å². The molecule has 0 radical (unpaired) electrons. The van der Waals surface area contributed by atoms with E-state index in [2.05, 4.69) is 18.7 Å². The Morgan fingerprint density at radius 2 is 2.06 bits per heavy atom. The van der Waals surface area contributed by atoms with Crippen LogP contribution in [0.1, 0.15) is 38.3 Å². The molecule has 1 aliphatic heterocycles. The second-order valence-electron chi connectivity index (χ2n) is 4.90. The maximum absolute atomic E-state index is 9.30. The van der Waals surface area contributed by atoms with Crippen molar-refractivity contribution in [2.75, 3.05) is 13.1 Å². The van der Waals surface area contributed by atoms with Gasteiger partial charge in [-0.25, -0.2) is 0 Å². The summed E-state index contributed by atoms with van der Waals surface area (Å²) in [6.45, 7) is 6.98. The molecule has 16 heavy (non-hydrogen) atoms.